The van der Waals surface area contributed by atoms with Crippen molar-refractivity contribution in [3.63, 3.8) is 0 Å². The molecule has 0 aliphatic heterocycles. The second-order valence-corrected chi connectivity index (χ2v) is 7.89. The molecule has 2 aromatic carbocycles. The van der Waals surface area contributed by atoms with Crippen LogP contribution in [0.25, 0.3) is 0 Å². The summed E-state index contributed by atoms with van der Waals surface area (Å²) in [6.07, 6.45) is 0. The molecule has 0 aliphatic rings. The molecule has 0 N–H and O–H groups in total. The normalized spacial score (nSPS) is 11.4. The van der Waals surface area contributed by atoms with Crippen LogP contribution >= 0.6 is 0 Å². The largest absolute Gasteiger partial charge is 0.435 e. The number of alkyl halides is 2. The van der Waals surface area contributed by atoms with Gasteiger partial charge in [0.25, 0.3) is 5.91 Å². The molecule has 0 heterocycles. The van der Waals surface area contributed by atoms with Crippen molar-refractivity contribution < 1.29 is 26.7 Å². The molecule has 0 aromatic heterocycles. The molecule has 0 aliphatic carbocycles. The number of carbonyl (C=O) groups excluding carboxylic acids is 1. The third-order valence-electron chi connectivity index (χ3n) is 3.76. The number of halogens is 2. The Hall–Kier alpha value is -2.48. The fourth-order valence-electron chi connectivity index (χ4n) is 2.31. The molecule has 0 atom stereocenters. The summed E-state index contributed by atoms with van der Waals surface area (Å²) < 4.78 is 52.1. The van der Waals surface area contributed by atoms with Gasteiger partial charge in [0.2, 0.25) is 0 Å². The molecule has 0 saturated heterocycles. The smallest absolute Gasteiger partial charge is 0.387 e. The number of rotatable bonds is 7. The van der Waals surface area contributed by atoms with Crippen LogP contribution in [0.3, 0.4) is 0 Å². The topological polar surface area (TPSA) is 63.7 Å². The lowest BCUT2D eigenvalue weighted by molar-refractivity contribution is -0.0498. The first-order valence-corrected chi connectivity index (χ1v) is 9.50. The van der Waals surface area contributed by atoms with Gasteiger partial charge in [0.1, 0.15) is 5.75 Å². The molecule has 2 aromatic rings. The first kappa shape index (κ1) is 19.8. The zero-order valence-electron chi connectivity index (χ0n) is 14.4. The molecule has 0 unspecified atom stereocenters. The number of benzene rings is 2. The molecule has 0 fully saturated rings. The maximum absolute atomic E-state index is 12.4. The Kier molecular flexibility index (Phi) is 6.31. The Morgan fingerprint density at radius 3 is 2.15 bits per heavy atom. The summed E-state index contributed by atoms with van der Waals surface area (Å²) in [5.41, 5.74) is 1.10. The van der Waals surface area contributed by atoms with Crippen LogP contribution in [0.2, 0.25) is 0 Å². The lowest BCUT2D eigenvalue weighted by atomic mass is 10.1. The van der Waals surface area contributed by atoms with Crippen molar-refractivity contribution >= 4 is 15.7 Å². The number of amides is 1. The van der Waals surface area contributed by atoms with E-state index in [1.807, 2.05) is 0 Å². The number of hydrogen-bond acceptors (Lipinski definition) is 4. The van der Waals surface area contributed by atoms with Crippen molar-refractivity contribution in [2.24, 2.45) is 0 Å². The molecule has 140 valence electrons. The van der Waals surface area contributed by atoms with Gasteiger partial charge >= 0.3 is 6.61 Å². The third-order valence-corrected chi connectivity index (χ3v) is 5.51. The van der Waals surface area contributed by atoms with Gasteiger partial charge in [0.05, 0.1) is 10.6 Å². The molecule has 0 spiro atoms. The Morgan fingerprint density at radius 1 is 1.08 bits per heavy atom. The zero-order valence-corrected chi connectivity index (χ0v) is 15.2. The van der Waals surface area contributed by atoms with Crippen LogP contribution in [0.15, 0.2) is 53.4 Å². The SMILES string of the molecule is CCS(=O)(=O)c1ccc(C(=O)N(C)Cc2ccc(OC(F)F)cc2)cc1. The molecular weight excluding hydrogens is 364 g/mol. The number of sulfone groups is 1. The summed E-state index contributed by atoms with van der Waals surface area (Å²) in [6.45, 7) is -1.06. The molecule has 1 amide bonds. The van der Waals surface area contributed by atoms with Gasteiger partial charge < -0.3 is 9.64 Å². The summed E-state index contributed by atoms with van der Waals surface area (Å²) in [7, 11) is -1.71. The van der Waals surface area contributed by atoms with Crippen molar-refractivity contribution in [1.82, 2.24) is 4.90 Å². The van der Waals surface area contributed by atoms with E-state index in [-0.39, 0.29) is 28.8 Å². The summed E-state index contributed by atoms with van der Waals surface area (Å²) in [5, 5.41) is 0. The van der Waals surface area contributed by atoms with E-state index in [0.29, 0.717) is 5.56 Å². The Bertz CT molecular complexity index is 850. The lowest BCUT2D eigenvalue weighted by Crippen LogP contribution is -2.26. The Labute approximate surface area is 151 Å². The molecule has 0 saturated carbocycles. The minimum atomic E-state index is -3.31. The van der Waals surface area contributed by atoms with Gasteiger partial charge in [-0.15, -0.1) is 0 Å². The van der Waals surface area contributed by atoms with Crippen LogP contribution in [-0.4, -0.2) is 38.6 Å². The molecule has 26 heavy (non-hydrogen) atoms. The average Bonchev–Trinajstić information content (AvgIpc) is 2.62. The van der Waals surface area contributed by atoms with Gasteiger partial charge in [-0.3, -0.25) is 4.79 Å². The van der Waals surface area contributed by atoms with E-state index in [4.69, 9.17) is 0 Å². The fourth-order valence-corrected chi connectivity index (χ4v) is 3.20. The minimum absolute atomic E-state index is 0.00847. The van der Waals surface area contributed by atoms with Crippen LogP contribution in [0.5, 0.6) is 5.75 Å². The van der Waals surface area contributed by atoms with Crippen molar-refractivity contribution in [3.05, 3.63) is 59.7 Å². The molecular formula is C18H19F2NO4S. The van der Waals surface area contributed by atoms with Crippen LogP contribution in [0.4, 0.5) is 8.78 Å². The Balaban J connectivity index is 2.05. The molecule has 0 bridgehead atoms. The summed E-state index contributed by atoms with van der Waals surface area (Å²) in [5.74, 6) is -0.241. The zero-order chi connectivity index (χ0) is 19.3. The van der Waals surface area contributed by atoms with Crippen LogP contribution < -0.4 is 4.74 Å². The number of nitrogens with zero attached hydrogens (tertiary/aromatic N) is 1. The van der Waals surface area contributed by atoms with E-state index in [1.165, 1.54) is 41.3 Å². The summed E-state index contributed by atoms with van der Waals surface area (Å²) >= 11 is 0. The summed E-state index contributed by atoms with van der Waals surface area (Å²) in [6, 6.07) is 11.8. The predicted molar refractivity (Wildman–Crippen MR) is 93.0 cm³/mol. The highest BCUT2D eigenvalue weighted by atomic mass is 32.2. The highest BCUT2D eigenvalue weighted by molar-refractivity contribution is 7.91. The monoisotopic (exact) mass is 383 g/mol. The van der Waals surface area contributed by atoms with Gasteiger partial charge in [-0.2, -0.15) is 8.78 Å². The van der Waals surface area contributed by atoms with Crippen molar-refractivity contribution in [2.75, 3.05) is 12.8 Å². The maximum Gasteiger partial charge on any atom is 0.387 e. The molecule has 8 heteroatoms. The van der Waals surface area contributed by atoms with Crippen molar-refractivity contribution in [2.45, 2.75) is 25.0 Å². The Morgan fingerprint density at radius 2 is 1.65 bits per heavy atom. The van der Waals surface area contributed by atoms with Gasteiger partial charge in [-0.1, -0.05) is 19.1 Å². The van der Waals surface area contributed by atoms with Crippen molar-refractivity contribution in [3.8, 4) is 5.75 Å². The van der Waals surface area contributed by atoms with E-state index in [9.17, 15) is 22.0 Å². The van der Waals surface area contributed by atoms with Gasteiger partial charge in [0.15, 0.2) is 9.84 Å². The predicted octanol–water partition coefficient (Wildman–Crippen LogP) is 3.35. The van der Waals surface area contributed by atoms with E-state index in [0.717, 1.165) is 5.56 Å². The quantitative estimate of drug-likeness (QED) is 0.736. The van der Waals surface area contributed by atoms with E-state index < -0.39 is 16.4 Å². The number of ether oxygens (including phenoxy) is 1. The fraction of sp³-hybridized carbons (Fsp3) is 0.278. The van der Waals surface area contributed by atoms with E-state index in [2.05, 4.69) is 4.74 Å². The minimum Gasteiger partial charge on any atom is -0.435 e. The second kappa shape index (κ2) is 8.27. The first-order chi connectivity index (χ1) is 12.2. The molecule has 2 rings (SSSR count). The van der Waals surface area contributed by atoms with E-state index in [1.54, 1.807) is 26.1 Å². The highest BCUT2D eigenvalue weighted by Gasteiger charge is 2.15. The summed E-state index contributed by atoms with van der Waals surface area (Å²) in [4.78, 5) is 14.1. The van der Waals surface area contributed by atoms with Crippen LogP contribution in [0.1, 0.15) is 22.8 Å². The van der Waals surface area contributed by atoms with E-state index >= 15 is 0 Å². The van der Waals surface area contributed by atoms with Crippen LogP contribution in [-0.2, 0) is 16.4 Å². The van der Waals surface area contributed by atoms with Crippen LogP contribution in [0, 0.1) is 0 Å². The molecule has 0 radical (unpaired) electrons. The number of hydrogen-bond donors (Lipinski definition) is 0. The van der Waals surface area contributed by atoms with Gasteiger partial charge in [-0.05, 0) is 42.0 Å². The average molecular weight is 383 g/mol. The van der Waals surface area contributed by atoms with Gasteiger partial charge in [0, 0.05) is 19.2 Å². The maximum atomic E-state index is 12.4. The third kappa shape index (κ3) is 5.01. The molecule has 5 nitrogen and oxygen atoms in total. The van der Waals surface area contributed by atoms with Crippen molar-refractivity contribution in [1.29, 1.82) is 0 Å². The number of carbonyl (C=O) groups is 1. The van der Waals surface area contributed by atoms with Gasteiger partial charge in [-0.25, -0.2) is 8.42 Å². The second-order valence-electron chi connectivity index (χ2n) is 5.61. The highest BCUT2D eigenvalue weighted by Crippen LogP contribution is 2.17. The first-order valence-electron chi connectivity index (χ1n) is 7.85. The standard InChI is InChI=1S/C18H19F2NO4S/c1-3-26(23,24)16-10-6-14(7-11-16)17(22)21(2)12-13-4-8-15(9-5-13)25-18(19)20/h4-11,18H,3,12H2,1-2H3. The lowest BCUT2D eigenvalue weighted by Gasteiger charge is -2.18.